The number of sulfone groups is 1. The van der Waals surface area contributed by atoms with E-state index in [1.807, 2.05) is 20.8 Å². The topological polar surface area (TPSA) is 84.5 Å². The van der Waals surface area contributed by atoms with E-state index in [4.69, 9.17) is 5.73 Å². The molecule has 1 aliphatic rings. The van der Waals surface area contributed by atoms with Crippen LogP contribution in [0.4, 0.5) is 0 Å². The van der Waals surface area contributed by atoms with Crippen LogP contribution in [0, 0.1) is 5.92 Å². The van der Waals surface area contributed by atoms with Crippen molar-refractivity contribution in [2.75, 3.05) is 18.1 Å². The first-order valence-corrected chi connectivity index (χ1v) is 7.79. The molecule has 1 heterocycles. The number of hydrogen-bond acceptors (Lipinski definition) is 3. The second-order valence-electron chi connectivity index (χ2n) is 5.72. The maximum Gasteiger partial charge on any atom is 0.188 e. The zero-order chi connectivity index (χ0) is 13.1. The van der Waals surface area contributed by atoms with Crippen molar-refractivity contribution < 1.29 is 8.42 Å². The molecular weight excluding hydrogens is 365 g/mol. The van der Waals surface area contributed by atoms with Crippen LogP contribution in [-0.4, -0.2) is 38.0 Å². The molecule has 3 N–H and O–H groups in total. The lowest BCUT2D eigenvalue weighted by Crippen LogP contribution is -2.45. The molecule has 0 bridgehead atoms. The fourth-order valence-corrected chi connectivity index (χ4v) is 3.68. The second kappa shape index (κ2) is 6.93. The van der Waals surface area contributed by atoms with Gasteiger partial charge in [-0.3, -0.25) is 4.99 Å². The number of nitrogens with zero attached hydrogens (tertiary/aromatic N) is 1. The van der Waals surface area contributed by atoms with Gasteiger partial charge in [0, 0.05) is 12.1 Å². The molecule has 0 spiro atoms. The Morgan fingerprint density at radius 2 is 2.06 bits per heavy atom. The third kappa shape index (κ3) is 7.40. The normalized spacial score (nSPS) is 24.2. The standard InChI is InChI=1S/C11H23N3O2S.HI/c1-11(2,3)14-10(12)13-7-9-5-4-6-17(15,16)8-9;/h9H,4-8H2,1-3H3,(H3,12,13,14);1H. The molecule has 0 amide bonds. The van der Waals surface area contributed by atoms with Gasteiger partial charge >= 0.3 is 0 Å². The minimum atomic E-state index is -2.85. The van der Waals surface area contributed by atoms with Gasteiger partial charge in [-0.15, -0.1) is 24.0 Å². The fourth-order valence-electron chi connectivity index (χ4n) is 1.91. The molecule has 18 heavy (non-hydrogen) atoms. The lowest BCUT2D eigenvalue weighted by Gasteiger charge is -2.23. The monoisotopic (exact) mass is 389 g/mol. The van der Waals surface area contributed by atoms with Gasteiger partial charge in [-0.05, 0) is 39.5 Å². The van der Waals surface area contributed by atoms with Gasteiger partial charge in [0.25, 0.3) is 0 Å². The Morgan fingerprint density at radius 3 is 2.56 bits per heavy atom. The molecule has 0 aromatic heterocycles. The summed E-state index contributed by atoms with van der Waals surface area (Å²) in [6.07, 6.45) is 1.67. The quantitative estimate of drug-likeness (QED) is 0.421. The van der Waals surface area contributed by atoms with Crippen LogP contribution in [-0.2, 0) is 9.84 Å². The van der Waals surface area contributed by atoms with Crippen molar-refractivity contribution in [2.45, 2.75) is 39.2 Å². The molecule has 0 radical (unpaired) electrons. The van der Waals surface area contributed by atoms with E-state index in [9.17, 15) is 8.42 Å². The Hall–Kier alpha value is -0.0500. The fraction of sp³-hybridized carbons (Fsp3) is 0.909. The molecule has 0 saturated carbocycles. The van der Waals surface area contributed by atoms with E-state index in [-0.39, 0.29) is 41.2 Å². The van der Waals surface area contributed by atoms with Crippen molar-refractivity contribution in [3.05, 3.63) is 0 Å². The summed E-state index contributed by atoms with van der Waals surface area (Å²) in [4.78, 5) is 4.22. The Balaban J connectivity index is 0.00000289. The van der Waals surface area contributed by atoms with Crippen molar-refractivity contribution in [2.24, 2.45) is 16.6 Å². The number of aliphatic imine (C=N–C) groups is 1. The summed E-state index contributed by atoms with van der Waals surface area (Å²) < 4.78 is 22.9. The molecule has 1 rings (SSSR count). The molecule has 7 heteroatoms. The molecule has 1 aliphatic heterocycles. The Bertz CT molecular complexity index is 388. The smallest absolute Gasteiger partial charge is 0.188 e. The highest BCUT2D eigenvalue weighted by molar-refractivity contribution is 14.0. The maximum atomic E-state index is 11.4. The summed E-state index contributed by atoms with van der Waals surface area (Å²) in [5.74, 6) is 1.08. The summed E-state index contributed by atoms with van der Waals surface area (Å²) >= 11 is 0. The van der Waals surface area contributed by atoms with Crippen LogP contribution in [0.1, 0.15) is 33.6 Å². The summed E-state index contributed by atoms with van der Waals surface area (Å²) in [7, 11) is -2.85. The summed E-state index contributed by atoms with van der Waals surface area (Å²) in [5.41, 5.74) is 5.62. The molecule has 0 aromatic rings. The molecule has 1 saturated heterocycles. The molecule has 0 aliphatic carbocycles. The SMILES string of the molecule is CC(C)(C)NC(N)=NCC1CCCS(=O)(=O)C1.I. The van der Waals surface area contributed by atoms with E-state index >= 15 is 0 Å². The molecule has 1 fully saturated rings. The van der Waals surface area contributed by atoms with E-state index in [2.05, 4.69) is 10.3 Å². The average Bonchev–Trinajstić information content (AvgIpc) is 2.10. The second-order valence-corrected chi connectivity index (χ2v) is 7.95. The molecule has 5 nitrogen and oxygen atoms in total. The van der Waals surface area contributed by atoms with Gasteiger partial charge in [0.1, 0.15) is 0 Å². The minimum Gasteiger partial charge on any atom is -0.370 e. The third-order valence-corrected chi connectivity index (χ3v) is 4.47. The van der Waals surface area contributed by atoms with Crippen LogP contribution in [0.2, 0.25) is 0 Å². The predicted octanol–water partition coefficient (Wildman–Crippen LogP) is 1.13. The number of rotatable bonds is 2. The van der Waals surface area contributed by atoms with Crippen LogP contribution < -0.4 is 11.1 Å². The zero-order valence-corrected chi connectivity index (χ0v) is 14.4. The first-order valence-electron chi connectivity index (χ1n) is 5.96. The highest BCUT2D eigenvalue weighted by atomic mass is 127. The van der Waals surface area contributed by atoms with E-state index in [0.29, 0.717) is 18.3 Å². The third-order valence-electron chi connectivity index (χ3n) is 2.58. The van der Waals surface area contributed by atoms with E-state index < -0.39 is 9.84 Å². The minimum absolute atomic E-state index is 0. The predicted molar refractivity (Wildman–Crippen MR) is 86.2 cm³/mol. The Labute approximate surface area is 127 Å². The van der Waals surface area contributed by atoms with E-state index in [0.717, 1.165) is 12.8 Å². The van der Waals surface area contributed by atoms with E-state index in [1.54, 1.807) is 0 Å². The van der Waals surface area contributed by atoms with Crippen molar-refractivity contribution >= 4 is 39.8 Å². The first-order chi connectivity index (χ1) is 7.68. The van der Waals surface area contributed by atoms with Crippen molar-refractivity contribution in [1.29, 1.82) is 0 Å². The first kappa shape index (κ1) is 17.9. The lowest BCUT2D eigenvalue weighted by atomic mass is 10.1. The Morgan fingerprint density at radius 1 is 1.44 bits per heavy atom. The molecule has 1 atom stereocenters. The van der Waals surface area contributed by atoms with Crippen molar-refractivity contribution in [3.63, 3.8) is 0 Å². The lowest BCUT2D eigenvalue weighted by molar-refractivity contribution is 0.485. The number of guanidine groups is 1. The summed E-state index contributed by atoms with van der Waals surface area (Å²) in [6, 6.07) is 0. The highest BCUT2D eigenvalue weighted by Crippen LogP contribution is 2.18. The van der Waals surface area contributed by atoms with Gasteiger partial charge in [-0.1, -0.05) is 0 Å². The van der Waals surface area contributed by atoms with Crippen LogP contribution in [0.3, 0.4) is 0 Å². The van der Waals surface area contributed by atoms with Gasteiger partial charge < -0.3 is 11.1 Å². The largest absolute Gasteiger partial charge is 0.370 e. The number of halogens is 1. The molecule has 1 unspecified atom stereocenters. The summed E-state index contributed by atoms with van der Waals surface area (Å²) in [6.45, 7) is 6.50. The van der Waals surface area contributed by atoms with Crippen LogP contribution in [0.15, 0.2) is 4.99 Å². The number of nitrogens with one attached hydrogen (secondary N) is 1. The van der Waals surface area contributed by atoms with Gasteiger partial charge in [-0.25, -0.2) is 8.42 Å². The van der Waals surface area contributed by atoms with Gasteiger partial charge in [0.05, 0.1) is 11.5 Å². The van der Waals surface area contributed by atoms with Gasteiger partial charge in [0.15, 0.2) is 15.8 Å². The van der Waals surface area contributed by atoms with Gasteiger partial charge in [-0.2, -0.15) is 0 Å². The Kier molecular flexibility index (Phi) is 6.91. The molecule has 108 valence electrons. The number of nitrogens with two attached hydrogens (primary N) is 1. The van der Waals surface area contributed by atoms with Crippen LogP contribution >= 0.6 is 24.0 Å². The molecular formula is C11H24IN3O2S. The molecule has 0 aromatic carbocycles. The van der Waals surface area contributed by atoms with Gasteiger partial charge in [0.2, 0.25) is 0 Å². The van der Waals surface area contributed by atoms with E-state index in [1.165, 1.54) is 0 Å². The van der Waals surface area contributed by atoms with Crippen molar-refractivity contribution in [3.8, 4) is 0 Å². The zero-order valence-electron chi connectivity index (χ0n) is 11.3. The van der Waals surface area contributed by atoms with Crippen molar-refractivity contribution in [1.82, 2.24) is 5.32 Å². The maximum absolute atomic E-state index is 11.4. The summed E-state index contributed by atoms with van der Waals surface area (Å²) in [5, 5.41) is 3.06. The number of hydrogen-bond donors (Lipinski definition) is 2. The van der Waals surface area contributed by atoms with Crippen LogP contribution in [0.5, 0.6) is 0 Å². The highest BCUT2D eigenvalue weighted by Gasteiger charge is 2.24. The van der Waals surface area contributed by atoms with Crippen LogP contribution in [0.25, 0.3) is 0 Å². The average molecular weight is 389 g/mol.